The predicted molar refractivity (Wildman–Crippen MR) is 177 cm³/mol. The first-order valence-corrected chi connectivity index (χ1v) is 16.7. The van der Waals surface area contributed by atoms with Gasteiger partial charge in [0.05, 0.1) is 0 Å². The van der Waals surface area contributed by atoms with E-state index in [1.165, 1.54) is 21.0 Å². The summed E-state index contributed by atoms with van der Waals surface area (Å²) in [6.07, 6.45) is -7.59. The third-order valence-corrected chi connectivity index (χ3v) is 7.89. The summed E-state index contributed by atoms with van der Waals surface area (Å²) in [5.41, 5.74) is 9.71. The van der Waals surface area contributed by atoms with Crippen molar-refractivity contribution >= 4 is 32.3 Å². The van der Waals surface area contributed by atoms with Crippen LogP contribution in [0.25, 0.3) is 10.4 Å². The quantitative estimate of drug-likeness (QED) is 0.0367. The number of hydrogen-bond donors (Lipinski definition) is 0. The van der Waals surface area contributed by atoms with Crippen molar-refractivity contribution in [3.05, 3.63) is 46.3 Å². The van der Waals surface area contributed by atoms with Crippen molar-refractivity contribution in [2.45, 2.75) is 115 Å². The van der Waals surface area contributed by atoms with Gasteiger partial charge < -0.3 is 0 Å². The van der Waals surface area contributed by atoms with E-state index in [1.54, 1.807) is 30.3 Å². The van der Waals surface area contributed by atoms with Gasteiger partial charge in [-0.25, -0.2) is 0 Å². The predicted octanol–water partition coefficient (Wildman–Crippen LogP) is 2.96. The molecule has 0 bridgehead atoms. The van der Waals surface area contributed by atoms with E-state index in [1.807, 2.05) is 13.8 Å². The summed E-state index contributed by atoms with van der Waals surface area (Å²) < 4.78 is 59.7. The molecule has 3 rings (SSSR count). The van der Waals surface area contributed by atoms with Gasteiger partial charge in [-0.1, -0.05) is 13.0 Å². The fraction of sp³-hybridized carbons (Fsp3) is 0.719. The van der Waals surface area contributed by atoms with Gasteiger partial charge in [0.2, 0.25) is 0 Å². The van der Waals surface area contributed by atoms with Crippen LogP contribution in [0, 0.1) is 0 Å². The van der Waals surface area contributed by atoms with Gasteiger partial charge in [-0.2, -0.15) is 0 Å². The molecule has 0 amide bonds. The molecule has 2 fully saturated rings. The number of esters is 3. The summed E-state index contributed by atoms with van der Waals surface area (Å²) in [4.78, 5) is 40.9. The van der Waals surface area contributed by atoms with E-state index < -0.39 is 79.3 Å². The van der Waals surface area contributed by atoms with E-state index in [-0.39, 0.29) is 32.0 Å². The average Bonchev–Trinajstić information content (AvgIpc) is 3.10. The summed E-state index contributed by atoms with van der Waals surface area (Å²) in [7, 11) is 7.90. The number of carbonyl (C=O) groups excluding carboxylic acids is 3. The first-order valence-electron chi connectivity index (χ1n) is 16.7. The third-order valence-electron chi connectivity index (χ3n) is 7.89. The molecule has 50 heavy (non-hydrogen) atoms. The topological polar surface area (TPSA) is 192 Å². The van der Waals surface area contributed by atoms with E-state index in [9.17, 15) is 19.9 Å². The van der Waals surface area contributed by atoms with Crippen molar-refractivity contribution < 1.29 is 61.7 Å². The second-order valence-electron chi connectivity index (χ2n) is 11.6. The number of benzene rings is 1. The Morgan fingerprint density at radius 1 is 0.860 bits per heavy atom. The summed E-state index contributed by atoms with van der Waals surface area (Å²) in [6, 6.07) is 7.19. The van der Waals surface area contributed by atoms with Gasteiger partial charge in [-0.15, -0.1) is 0 Å². The Morgan fingerprint density at radius 2 is 1.50 bits per heavy atom. The maximum absolute atomic E-state index is 13.6. The van der Waals surface area contributed by atoms with E-state index >= 15 is 0 Å². The Balaban J connectivity index is 2.15. The van der Waals surface area contributed by atoms with Crippen molar-refractivity contribution in [1.29, 1.82) is 0 Å². The SMILES string of the molecule is [B]=BOCC1O[C@H](OC)C(N=[N+]=[N-])[C@@H](OCCCC)[C@@H]1O[C@@H]1OC(COC(C)=O)[C@@H](OC(C)=O)C(OCCCC)[C@@H]1OC(=O)c1ccccc1. The van der Waals surface area contributed by atoms with E-state index in [4.69, 9.17) is 54.7 Å². The molecule has 2 saturated heterocycles. The van der Waals surface area contributed by atoms with Crippen LogP contribution in [0.1, 0.15) is 63.7 Å². The zero-order valence-electron chi connectivity index (χ0n) is 29.1. The first kappa shape index (κ1) is 41.1. The number of hydrogen-bond acceptors (Lipinski definition) is 14. The minimum absolute atomic E-state index is 0.151. The van der Waals surface area contributed by atoms with Crippen LogP contribution < -0.4 is 0 Å². The Morgan fingerprint density at radius 3 is 2.08 bits per heavy atom. The molecule has 0 aromatic heterocycles. The monoisotopic (exact) mass is 702 g/mol. The number of nitrogens with zero attached hydrogens (tertiary/aromatic N) is 3. The molecule has 273 valence electrons. The number of carbonyl (C=O) groups is 3. The summed E-state index contributed by atoms with van der Waals surface area (Å²) >= 11 is 0. The molecule has 0 spiro atoms. The molecule has 0 aliphatic carbocycles. The van der Waals surface area contributed by atoms with Crippen molar-refractivity contribution in [3.8, 4) is 0 Å². The zero-order valence-corrected chi connectivity index (χ0v) is 29.1. The molecule has 2 aliphatic heterocycles. The van der Waals surface area contributed by atoms with Crippen molar-refractivity contribution in [3.63, 3.8) is 0 Å². The molecule has 2 heterocycles. The second kappa shape index (κ2) is 21.8. The zero-order chi connectivity index (χ0) is 36.5. The number of ether oxygens (including phenoxy) is 9. The molecule has 10 atom stereocenters. The maximum atomic E-state index is 13.6. The Hall–Kier alpha value is -3.37. The number of methoxy groups -OCH3 is 1. The first-order chi connectivity index (χ1) is 24.2. The van der Waals surface area contributed by atoms with Crippen molar-refractivity contribution in [2.75, 3.05) is 33.5 Å². The molecule has 0 N–H and O–H groups in total. The Kier molecular flexibility index (Phi) is 17.9. The Bertz CT molecular complexity index is 1280. The van der Waals surface area contributed by atoms with Gasteiger partial charge in [0.1, 0.15) is 0 Å². The van der Waals surface area contributed by atoms with Gasteiger partial charge in [0.25, 0.3) is 0 Å². The standard InChI is InChI=1S/C32H46B2N3O13/c1-6-8-15-42-27-24(36-37-35)31(41-5)47-23(18-45-34-33)25(27)50-32-29(49-30(40)21-13-11-10-12-14-21)28(43-16-9-7-2)26(46-20(4)39)22(48-32)17-44-19(3)38/h10-14,22-29,31-32H,6-9,15-18H2,1-5H3/t22?,23?,24?,25-,26-,27-,28?,29+,31+,32+/m1/s1. The van der Waals surface area contributed by atoms with E-state index in [0.717, 1.165) is 19.8 Å². The minimum atomic E-state index is -1.47. The van der Waals surface area contributed by atoms with E-state index in [2.05, 4.69) is 10.0 Å². The van der Waals surface area contributed by atoms with Gasteiger partial charge >= 0.3 is 281 Å². The van der Waals surface area contributed by atoms with E-state index in [0.29, 0.717) is 12.8 Å². The van der Waals surface area contributed by atoms with Crippen LogP contribution in [0.2, 0.25) is 0 Å². The third kappa shape index (κ3) is 11.9. The summed E-state index contributed by atoms with van der Waals surface area (Å²) in [5.74, 6) is -2.03. The molecule has 1 aromatic carbocycles. The molecule has 0 saturated carbocycles. The molecule has 2 aliphatic rings. The van der Waals surface area contributed by atoms with Gasteiger partial charge in [-0.3, -0.25) is 0 Å². The van der Waals surface area contributed by atoms with Crippen LogP contribution in [0.15, 0.2) is 35.4 Å². The average molecular weight is 702 g/mol. The van der Waals surface area contributed by atoms with Crippen LogP contribution in [0.3, 0.4) is 0 Å². The van der Waals surface area contributed by atoms with Gasteiger partial charge in [-0.05, 0) is 0 Å². The molecule has 16 nitrogen and oxygen atoms in total. The molecule has 1 aromatic rings. The fourth-order valence-corrected chi connectivity index (χ4v) is 5.53. The summed E-state index contributed by atoms with van der Waals surface area (Å²) in [5, 5.41) is 3.92. The number of rotatable bonds is 20. The van der Waals surface area contributed by atoms with Crippen LogP contribution in [0.5, 0.6) is 0 Å². The van der Waals surface area contributed by atoms with Crippen LogP contribution >= 0.6 is 0 Å². The fourth-order valence-electron chi connectivity index (χ4n) is 5.53. The molecular weight excluding hydrogens is 656 g/mol. The Labute approximate surface area is 293 Å². The van der Waals surface area contributed by atoms with Gasteiger partial charge in [0.15, 0.2) is 0 Å². The van der Waals surface area contributed by atoms with Gasteiger partial charge in [0, 0.05) is 0 Å². The normalized spacial score (nSPS) is 29.1. The van der Waals surface area contributed by atoms with Crippen LogP contribution in [-0.2, 0) is 56.9 Å². The summed E-state index contributed by atoms with van der Waals surface area (Å²) in [6.45, 7) is 6.32. The van der Waals surface area contributed by atoms with Crippen LogP contribution in [0.4, 0.5) is 0 Å². The molecule has 1 radical (unpaired) electrons. The molecule has 4 unspecified atom stereocenters. The number of unbranched alkanes of at least 4 members (excludes halogenated alkanes) is 2. The molecular formula is C32H46B2N3O13. The van der Waals surface area contributed by atoms with Crippen molar-refractivity contribution in [2.24, 2.45) is 5.11 Å². The molecule has 18 heteroatoms. The second-order valence-corrected chi connectivity index (χ2v) is 11.6. The van der Waals surface area contributed by atoms with Crippen molar-refractivity contribution in [1.82, 2.24) is 0 Å². The van der Waals surface area contributed by atoms with Crippen LogP contribution in [-0.4, -0.2) is 127 Å². The number of azide groups is 1.